The fourth-order valence-electron chi connectivity index (χ4n) is 17.0. The van der Waals surface area contributed by atoms with E-state index in [9.17, 15) is 48.6 Å². The predicted octanol–water partition coefficient (Wildman–Crippen LogP) is 13.4. The maximum Gasteiger partial charge on any atom is 0.417 e. The quantitative estimate of drug-likeness (QED) is 0.0201. The van der Waals surface area contributed by atoms with Crippen LogP contribution in [0.25, 0.3) is 0 Å². The van der Waals surface area contributed by atoms with Gasteiger partial charge in [-0.2, -0.15) is 0 Å². The van der Waals surface area contributed by atoms with Crippen molar-refractivity contribution in [2.24, 2.45) is 49.7 Å². The number of aliphatic hydroxyl groups excluding tert-OH is 2. The second-order valence-corrected chi connectivity index (χ2v) is 57.8. The van der Waals surface area contributed by atoms with Crippen molar-refractivity contribution in [1.82, 2.24) is 0 Å². The van der Waals surface area contributed by atoms with Gasteiger partial charge in [0.05, 0.1) is 132 Å². The van der Waals surface area contributed by atoms with Crippen LogP contribution in [-0.4, -0.2) is 261 Å². The minimum Gasteiger partial charge on any atom is -0.469 e. The Morgan fingerprint density at radius 3 is 1.29 bits per heavy atom. The zero-order valence-electron chi connectivity index (χ0n) is 80.8. The summed E-state index contributed by atoms with van der Waals surface area (Å²) in [5.41, 5.74) is -9.03. The molecule has 8 unspecified atom stereocenters. The third-order valence-electron chi connectivity index (χ3n) is 22.9. The first kappa shape index (κ1) is 117. The van der Waals surface area contributed by atoms with E-state index >= 15 is 19.2 Å². The average molecular weight is 1860 g/mol. The van der Waals surface area contributed by atoms with Crippen molar-refractivity contribution in [1.29, 1.82) is 0 Å². The van der Waals surface area contributed by atoms with Crippen molar-refractivity contribution >= 4 is 105 Å². The number of benzene rings is 1. The Morgan fingerprint density at radius 1 is 0.397 bits per heavy atom. The molecule has 2 N–H and O–H groups in total. The van der Waals surface area contributed by atoms with Crippen molar-refractivity contribution < 1.29 is 144 Å². The first-order chi connectivity index (χ1) is 59.1. The molecule has 0 aliphatic heterocycles. The van der Waals surface area contributed by atoms with Gasteiger partial charge in [-0.1, -0.05) is 166 Å². The fourth-order valence-corrected chi connectivity index (χ4v) is 38.2. The van der Waals surface area contributed by atoms with Gasteiger partial charge in [0.1, 0.15) is 52.9 Å². The van der Waals surface area contributed by atoms with Crippen LogP contribution in [0, 0.1) is 49.7 Å². The van der Waals surface area contributed by atoms with Crippen molar-refractivity contribution in [2.75, 3.05) is 145 Å². The van der Waals surface area contributed by atoms with E-state index < -0.39 is 198 Å². The zero-order valence-corrected chi connectivity index (χ0v) is 85.3. The van der Waals surface area contributed by atoms with Crippen LogP contribution in [0.15, 0.2) is 30.3 Å². The van der Waals surface area contributed by atoms with Gasteiger partial charge in [-0.25, -0.2) is 19.2 Å². The van der Waals surface area contributed by atoms with E-state index in [0.717, 1.165) is 12.8 Å². The minimum atomic E-state index is -1.91. The number of unbranched alkanes of at least 4 members (excludes halogenated alkanes) is 2. The lowest BCUT2D eigenvalue weighted by atomic mass is 9.60. The molecule has 0 spiro atoms. The molecule has 0 aromatic heterocycles. The standard InChI is InChI=1S/C92H162O30Si4/c1-23-28-57-124(17,18)68-123-56-33-40-108-44-49-113-75(96)76(97)114-50-45-110-47-53-121-83(104)90(13,62-86(8,9)79(100)120-52-46-109-42-37-93)66-92(15,84(105)117-39-25-3)65-89(12,82(103)118-41-36-70(6)7)61-73(74(95)112-27-5)59-72(71-34-31-30-32-35-71)60-88(11,80(101)107-16)64-91(14,85(106)119-43-38-94)63-87(10,26-4)81(102)122-55-54-116-78(99)77(98)115-51-48-111-67-126(21,22)69-125(19,20)58-29-24-2/h30-32,34-35,70,72-73,93-94H,23-29,33,36-69,123H2,1-22H3. The molecule has 1 rings (SSSR count). The van der Waals surface area contributed by atoms with Crippen LogP contribution in [0.1, 0.15) is 218 Å². The first-order valence-electron chi connectivity index (χ1n) is 45.6. The zero-order chi connectivity index (χ0) is 95.5. The van der Waals surface area contributed by atoms with Gasteiger partial charge in [0.2, 0.25) is 0 Å². The van der Waals surface area contributed by atoms with Crippen molar-refractivity contribution in [3.8, 4) is 0 Å². The van der Waals surface area contributed by atoms with Crippen LogP contribution in [0.4, 0.5) is 0 Å². The van der Waals surface area contributed by atoms with E-state index in [1.165, 1.54) is 76.6 Å². The molecule has 1 aromatic carbocycles. The highest BCUT2D eigenvalue weighted by Gasteiger charge is 2.57. The second-order valence-electron chi connectivity index (χ2n) is 38.7. The SMILES string of the molecule is CCCC[Si](C)(C)C[SiH2]CCCOCCOC(=O)C(=O)OCCOCCOC(=O)C(C)(CC(C)(C)C(=O)OCCOCCO)CC(C)(CC(C)(CC(CC(CC(C)(CC(C)(CC(C)(CC)C(=O)OCCOC(=O)C(=O)OCCOC[Si](C)(C)C[Si](C)(C)CCCC)C(=O)OCCO)C(=O)OC)c1ccccc1)C(=O)OCC)C(=O)OCCC(C)C)C(=O)OCCC. The molecule has 0 saturated carbocycles. The summed E-state index contributed by atoms with van der Waals surface area (Å²) in [6.07, 6.45) is 4.39. The number of ether oxygens (including phenoxy) is 16. The van der Waals surface area contributed by atoms with Gasteiger partial charge in [-0.15, -0.1) is 0 Å². The summed E-state index contributed by atoms with van der Waals surface area (Å²) in [6.45, 7) is 36.1. The van der Waals surface area contributed by atoms with Crippen molar-refractivity contribution in [3.05, 3.63) is 35.9 Å². The number of carbonyl (C=O) groups is 12. The molecule has 126 heavy (non-hydrogen) atoms. The highest BCUT2D eigenvalue weighted by molar-refractivity contribution is 6.95. The number of hydrogen-bond acceptors (Lipinski definition) is 30. The summed E-state index contributed by atoms with van der Waals surface area (Å²) in [6, 6.07) is 12.6. The summed E-state index contributed by atoms with van der Waals surface area (Å²) in [5, 5.41) is 19.3. The van der Waals surface area contributed by atoms with Crippen molar-refractivity contribution in [2.45, 2.75) is 281 Å². The van der Waals surface area contributed by atoms with Crippen LogP contribution >= 0.6 is 0 Å². The van der Waals surface area contributed by atoms with Gasteiger partial charge in [0, 0.05) is 38.5 Å². The molecule has 30 nitrogen and oxygen atoms in total. The van der Waals surface area contributed by atoms with Crippen LogP contribution < -0.4 is 0 Å². The number of aliphatic hydroxyl groups is 2. The largest absolute Gasteiger partial charge is 0.469 e. The van der Waals surface area contributed by atoms with Crippen LogP contribution in [0.3, 0.4) is 0 Å². The number of hydrogen-bond donors (Lipinski definition) is 2. The molecule has 0 aliphatic carbocycles. The van der Waals surface area contributed by atoms with E-state index in [-0.39, 0.29) is 146 Å². The van der Waals surface area contributed by atoms with E-state index in [4.69, 9.17) is 75.8 Å². The summed E-state index contributed by atoms with van der Waals surface area (Å²) in [5.74, 6) is -13.8. The Labute approximate surface area is 757 Å². The number of esters is 12. The lowest BCUT2D eigenvalue weighted by molar-refractivity contribution is -0.175. The van der Waals surface area contributed by atoms with Gasteiger partial charge < -0.3 is 86.0 Å². The van der Waals surface area contributed by atoms with Gasteiger partial charge in [0.15, 0.2) is 0 Å². The predicted molar refractivity (Wildman–Crippen MR) is 487 cm³/mol. The Morgan fingerprint density at radius 2 is 0.802 bits per heavy atom. The number of rotatable bonds is 70. The monoisotopic (exact) mass is 1860 g/mol. The van der Waals surface area contributed by atoms with Crippen LogP contribution in [-0.2, 0) is 133 Å². The third kappa shape index (κ3) is 45.4. The molecule has 0 bridgehead atoms. The molecule has 0 heterocycles. The van der Waals surface area contributed by atoms with Crippen molar-refractivity contribution in [3.63, 3.8) is 0 Å². The van der Waals surface area contributed by atoms with Gasteiger partial charge >= 0.3 is 71.6 Å². The molecule has 8 atom stereocenters. The van der Waals surface area contributed by atoms with E-state index in [0.29, 0.717) is 31.2 Å². The highest BCUT2D eigenvalue weighted by atomic mass is 28.4. The number of carbonyl (C=O) groups excluding carboxylic acids is 12. The minimum absolute atomic E-state index is 0.0219. The molecule has 0 radical (unpaired) electrons. The smallest absolute Gasteiger partial charge is 0.417 e. The Hall–Kier alpha value is -6.51. The third-order valence-corrected chi connectivity index (χ3v) is 42.8. The maximum atomic E-state index is 15.6. The topological polar surface area (TPSA) is 393 Å². The normalized spacial score (nSPS) is 15.4. The molecular formula is C92H162O30Si4. The Balaban J connectivity index is 3.96. The van der Waals surface area contributed by atoms with Gasteiger partial charge in [-0.3, -0.25) is 38.4 Å². The lowest BCUT2D eigenvalue weighted by Crippen LogP contribution is -2.48. The summed E-state index contributed by atoms with van der Waals surface area (Å²) in [4.78, 5) is 170. The summed E-state index contributed by atoms with van der Waals surface area (Å²) in [7, 11) is -3.23. The second kappa shape index (κ2) is 59.7. The molecule has 0 amide bonds. The lowest BCUT2D eigenvalue weighted by Gasteiger charge is -2.43. The fraction of sp³-hybridized carbons (Fsp3) is 0.804. The van der Waals surface area contributed by atoms with Crippen LogP contribution in [0.2, 0.25) is 68.7 Å². The molecule has 726 valence electrons. The Kier molecular flexibility index (Phi) is 55.7. The molecule has 1 aromatic rings. The summed E-state index contributed by atoms with van der Waals surface area (Å²) < 4.78 is 89.7. The molecule has 34 heteroatoms. The van der Waals surface area contributed by atoms with Crippen LogP contribution in [0.5, 0.6) is 0 Å². The molecular weight excluding hydrogens is 1700 g/mol. The molecule has 0 saturated heterocycles. The summed E-state index contributed by atoms with van der Waals surface area (Å²) >= 11 is 0. The highest BCUT2D eigenvalue weighted by Crippen LogP contribution is 2.54. The van der Waals surface area contributed by atoms with E-state index in [1.807, 2.05) is 13.8 Å². The van der Waals surface area contributed by atoms with Gasteiger partial charge in [0.25, 0.3) is 0 Å². The maximum absolute atomic E-state index is 15.6. The Bertz CT molecular complexity index is 3430. The van der Waals surface area contributed by atoms with E-state index in [1.54, 1.807) is 85.7 Å². The molecule has 0 fully saturated rings. The number of methoxy groups -OCH3 is 1. The van der Waals surface area contributed by atoms with Gasteiger partial charge in [-0.05, 0) is 157 Å². The average Bonchev–Trinajstić information content (AvgIpc) is 0.768. The van der Waals surface area contributed by atoms with E-state index in [2.05, 4.69) is 53.1 Å². The first-order valence-corrected chi connectivity index (χ1v) is 57.9. The molecule has 0 aliphatic rings.